The minimum absolute atomic E-state index is 0.0418. The van der Waals surface area contributed by atoms with Crippen LogP contribution in [0.25, 0.3) is 0 Å². The summed E-state index contributed by atoms with van der Waals surface area (Å²) < 4.78 is 0. The number of likely N-dealkylation sites (tertiary alicyclic amines) is 1. The molecule has 0 spiro atoms. The Morgan fingerprint density at radius 2 is 2.11 bits per heavy atom. The molecule has 3 unspecified atom stereocenters. The number of nitrogens with zero attached hydrogens (tertiary/aromatic N) is 1. The van der Waals surface area contributed by atoms with Gasteiger partial charge in [-0.15, -0.1) is 0 Å². The predicted molar refractivity (Wildman–Crippen MR) is 73.6 cm³/mol. The molecule has 2 saturated carbocycles. The van der Waals surface area contributed by atoms with Gasteiger partial charge in [-0.25, -0.2) is 0 Å². The second kappa shape index (κ2) is 5.10. The molecule has 2 aliphatic carbocycles. The molecule has 18 heavy (non-hydrogen) atoms. The fraction of sp³-hybridized carbons (Fsp3) is 1.00. The molecule has 3 atom stereocenters. The van der Waals surface area contributed by atoms with E-state index < -0.39 is 0 Å². The van der Waals surface area contributed by atoms with Gasteiger partial charge in [0.2, 0.25) is 0 Å². The highest BCUT2D eigenvalue weighted by Gasteiger charge is 2.37. The van der Waals surface area contributed by atoms with Gasteiger partial charge in [0.1, 0.15) is 0 Å². The average Bonchev–Trinajstić information content (AvgIpc) is 2.91. The number of hydrogen-bond donors (Lipinski definition) is 2. The van der Waals surface area contributed by atoms with Gasteiger partial charge in [-0.3, -0.25) is 0 Å². The second-order valence-corrected chi connectivity index (χ2v) is 7.07. The third kappa shape index (κ3) is 2.89. The Kier molecular flexibility index (Phi) is 3.65. The Balaban J connectivity index is 1.40. The maximum atomic E-state index is 9.58. The first kappa shape index (κ1) is 12.9. The van der Waals surface area contributed by atoms with Crippen LogP contribution in [-0.4, -0.2) is 47.3 Å². The molecule has 3 aliphatic rings. The van der Waals surface area contributed by atoms with Gasteiger partial charge in [-0.05, 0) is 64.3 Å². The van der Waals surface area contributed by atoms with Crippen LogP contribution in [0.2, 0.25) is 0 Å². The maximum absolute atomic E-state index is 9.58. The predicted octanol–water partition coefficient (Wildman–Crippen LogP) is 1.75. The number of aliphatic hydroxyl groups excluding tert-OH is 1. The maximum Gasteiger partial charge on any atom is 0.0610 e. The topological polar surface area (TPSA) is 35.5 Å². The highest BCUT2D eigenvalue weighted by molar-refractivity contribution is 4.94. The molecule has 0 radical (unpaired) electrons. The van der Waals surface area contributed by atoms with Crippen LogP contribution < -0.4 is 5.32 Å². The minimum Gasteiger partial charge on any atom is -0.394 e. The molecule has 1 heterocycles. The summed E-state index contributed by atoms with van der Waals surface area (Å²) in [5, 5.41) is 13.2. The van der Waals surface area contributed by atoms with Crippen molar-refractivity contribution in [3.63, 3.8) is 0 Å². The molecule has 3 rings (SSSR count). The van der Waals surface area contributed by atoms with E-state index in [-0.39, 0.29) is 12.1 Å². The average molecular weight is 252 g/mol. The highest BCUT2D eigenvalue weighted by Crippen LogP contribution is 2.37. The van der Waals surface area contributed by atoms with E-state index in [0.29, 0.717) is 6.04 Å². The summed E-state index contributed by atoms with van der Waals surface area (Å²) in [7, 11) is 0. The summed E-state index contributed by atoms with van der Waals surface area (Å²) in [6, 6.07) is 1.58. The molecule has 3 heteroatoms. The number of piperidine rings is 1. The molecule has 104 valence electrons. The van der Waals surface area contributed by atoms with E-state index in [1.54, 1.807) is 0 Å². The van der Waals surface area contributed by atoms with E-state index in [0.717, 1.165) is 18.4 Å². The van der Waals surface area contributed by atoms with E-state index in [1.807, 2.05) is 0 Å². The van der Waals surface area contributed by atoms with Gasteiger partial charge < -0.3 is 15.3 Å². The Hall–Kier alpha value is -0.120. The number of hydrogen-bond acceptors (Lipinski definition) is 3. The SMILES string of the molecule is CC(CO)(CCCN1CC2CCC1C2)NC1CC1. The highest BCUT2D eigenvalue weighted by atomic mass is 16.3. The molecule has 2 bridgehead atoms. The fourth-order valence-corrected chi connectivity index (χ4v) is 3.89. The lowest BCUT2D eigenvalue weighted by Gasteiger charge is -2.31. The van der Waals surface area contributed by atoms with Gasteiger partial charge >= 0.3 is 0 Å². The molecule has 3 nitrogen and oxygen atoms in total. The smallest absolute Gasteiger partial charge is 0.0610 e. The van der Waals surface area contributed by atoms with Gasteiger partial charge in [0, 0.05) is 24.2 Å². The first-order chi connectivity index (χ1) is 8.68. The quantitative estimate of drug-likeness (QED) is 0.724. The Labute approximate surface area is 111 Å². The first-order valence-corrected chi connectivity index (χ1v) is 7.81. The van der Waals surface area contributed by atoms with Crippen LogP contribution in [0.4, 0.5) is 0 Å². The third-order valence-electron chi connectivity index (χ3n) is 5.18. The summed E-state index contributed by atoms with van der Waals surface area (Å²) in [4.78, 5) is 2.70. The molecule has 2 N–H and O–H groups in total. The summed E-state index contributed by atoms with van der Waals surface area (Å²) in [5.74, 6) is 1.00. The number of rotatable bonds is 7. The summed E-state index contributed by atoms with van der Waals surface area (Å²) in [6.45, 7) is 5.04. The van der Waals surface area contributed by atoms with Crippen LogP contribution in [0.5, 0.6) is 0 Å². The second-order valence-electron chi connectivity index (χ2n) is 7.07. The zero-order valence-electron chi connectivity index (χ0n) is 11.7. The van der Waals surface area contributed by atoms with Crippen LogP contribution >= 0.6 is 0 Å². The third-order valence-corrected chi connectivity index (χ3v) is 5.18. The van der Waals surface area contributed by atoms with Crippen molar-refractivity contribution in [2.75, 3.05) is 19.7 Å². The van der Waals surface area contributed by atoms with Crippen LogP contribution in [0.15, 0.2) is 0 Å². The van der Waals surface area contributed by atoms with Crippen molar-refractivity contribution in [3.8, 4) is 0 Å². The van der Waals surface area contributed by atoms with Crippen molar-refractivity contribution in [3.05, 3.63) is 0 Å². The molecular weight excluding hydrogens is 224 g/mol. The van der Waals surface area contributed by atoms with Gasteiger partial charge in [-0.1, -0.05) is 0 Å². The lowest BCUT2D eigenvalue weighted by Crippen LogP contribution is -2.47. The van der Waals surface area contributed by atoms with Gasteiger partial charge in [0.15, 0.2) is 0 Å². The molecule has 1 saturated heterocycles. The molecule has 3 fully saturated rings. The van der Waals surface area contributed by atoms with Crippen LogP contribution in [0.1, 0.15) is 51.9 Å². The first-order valence-electron chi connectivity index (χ1n) is 7.81. The van der Waals surface area contributed by atoms with Crippen molar-refractivity contribution < 1.29 is 5.11 Å². The van der Waals surface area contributed by atoms with Crippen LogP contribution in [0, 0.1) is 5.92 Å². The molecule has 1 aliphatic heterocycles. The normalized spacial score (nSPS) is 35.0. The Morgan fingerprint density at radius 1 is 1.28 bits per heavy atom. The summed E-state index contributed by atoms with van der Waals surface area (Å²) in [6.07, 6.45) is 9.28. The van der Waals surface area contributed by atoms with Crippen molar-refractivity contribution >= 4 is 0 Å². The standard InChI is InChI=1S/C15H28N2O/c1-15(11-18,16-13-4-5-13)7-2-8-17-10-12-3-6-14(17)9-12/h12-14,16,18H,2-11H2,1H3. The van der Waals surface area contributed by atoms with Crippen molar-refractivity contribution in [1.82, 2.24) is 10.2 Å². The van der Waals surface area contributed by atoms with Crippen molar-refractivity contribution in [1.29, 1.82) is 0 Å². The van der Waals surface area contributed by atoms with E-state index >= 15 is 0 Å². The van der Waals surface area contributed by atoms with E-state index in [2.05, 4.69) is 17.1 Å². The molecule has 0 amide bonds. The van der Waals surface area contributed by atoms with Gasteiger partial charge in [0.05, 0.1) is 6.61 Å². The molecule has 0 aromatic rings. The van der Waals surface area contributed by atoms with Gasteiger partial charge in [0.25, 0.3) is 0 Å². The zero-order chi connectivity index (χ0) is 12.6. The fourth-order valence-electron chi connectivity index (χ4n) is 3.89. The monoisotopic (exact) mass is 252 g/mol. The lowest BCUT2D eigenvalue weighted by atomic mass is 9.96. The molecule has 0 aromatic heterocycles. The largest absolute Gasteiger partial charge is 0.394 e. The summed E-state index contributed by atoms with van der Waals surface area (Å²) in [5.41, 5.74) is -0.0418. The van der Waals surface area contributed by atoms with Crippen molar-refractivity contribution in [2.24, 2.45) is 5.92 Å². The van der Waals surface area contributed by atoms with Crippen LogP contribution in [-0.2, 0) is 0 Å². The van der Waals surface area contributed by atoms with E-state index in [4.69, 9.17) is 0 Å². The van der Waals surface area contributed by atoms with Crippen LogP contribution in [0.3, 0.4) is 0 Å². The lowest BCUT2D eigenvalue weighted by molar-refractivity contribution is 0.148. The molecule has 0 aromatic carbocycles. The summed E-state index contributed by atoms with van der Waals surface area (Å²) >= 11 is 0. The number of aliphatic hydroxyl groups is 1. The molecular formula is C15H28N2O. The number of fused-ring (bicyclic) bond motifs is 2. The Bertz CT molecular complexity index is 292. The van der Waals surface area contributed by atoms with Crippen molar-refractivity contribution in [2.45, 2.75) is 69.5 Å². The minimum atomic E-state index is -0.0418. The zero-order valence-corrected chi connectivity index (χ0v) is 11.7. The number of nitrogens with one attached hydrogen (secondary N) is 1. The van der Waals surface area contributed by atoms with E-state index in [1.165, 1.54) is 51.6 Å². The van der Waals surface area contributed by atoms with E-state index in [9.17, 15) is 5.11 Å². The van der Waals surface area contributed by atoms with Gasteiger partial charge in [-0.2, -0.15) is 0 Å². The Morgan fingerprint density at radius 3 is 2.67 bits per heavy atom.